The second-order valence-electron chi connectivity index (χ2n) is 10.1. The summed E-state index contributed by atoms with van der Waals surface area (Å²) in [5.74, 6) is 0.691. The summed E-state index contributed by atoms with van der Waals surface area (Å²) in [4.78, 5) is 19.9. The van der Waals surface area contributed by atoms with Gasteiger partial charge in [-0.15, -0.1) is 0 Å². The number of hydrogen-bond acceptors (Lipinski definition) is 3. The molecule has 1 amide bonds. The molecule has 2 heterocycles. The maximum Gasteiger partial charge on any atom is 0.251 e. The van der Waals surface area contributed by atoms with Crippen molar-refractivity contribution in [2.75, 3.05) is 13.1 Å². The van der Waals surface area contributed by atoms with E-state index in [4.69, 9.17) is 0 Å². The van der Waals surface area contributed by atoms with Crippen LogP contribution >= 0.6 is 22.6 Å². The Morgan fingerprint density at radius 1 is 1.00 bits per heavy atom. The van der Waals surface area contributed by atoms with Crippen LogP contribution in [0.2, 0.25) is 0 Å². The standard InChI is InChI=1S/C32H34IN3O/c1-2-30(26-10-12-29(33)13-11-26)35-32(37)27-8-5-23(6-9-27)20-24-15-18-36(19-16-24)22-25-7-14-31-28(21-25)4-3-17-34-31/h3-14,17,21,24,30H,2,15-16,18-20,22H2,1H3,(H,35,37)/t30-/m1/s1. The third-order valence-electron chi connectivity index (χ3n) is 7.51. The fraction of sp³-hybridized carbons (Fsp3) is 0.312. The first-order valence-corrected chi connectivity index (χ1v) is 14.4. The van der Waals surface area contributed by atoms with Crippen molar-refractivity contribution in [1.29, 1.82) is 0 Å². The number of aromatic nitrogens is 1. The molecule has 1 saturated heterocycles. The number of rotatable bonds is 8. The van der Waals surface area contributed by atoms with Gasteiger partial charge in [0.25, 0.3) is 5.91 Å². The Balaban J connectivity index is 1.11. The van der Waals surface area contributed by atoms with Crippen LogP contribution in [0.15, 0.2) is 85.1 Å². The molecule has 1 atom stereocenters. The summed E-state index contributed by atoms with van der Waals surface area (Å²) in [6, 6.07) is 27.4. The van der Waals surface area contributed by atoms with Crippen LogP contribution < -0.4 is 5.32 Å². The van der Waals surface area contributed by atoms with Crippen LogP contribution in [0, 0.1) is 9.49 Å². The SMILES string of the molecule is CC[C@@H](NC(=O)c1ccc(CC2CCN(Cc3ccc4ncccc4c3)CC2)cc1)c1ccc(I)cc1. The monoisotopic (exact) mass is 603 g/mol. The molecule has 5 heteroatoms. The van der Waals surface area contributed by atoms with E-state index >= 15 is 0 Å². The molecule has 37 heavy (non-hydrogen) atoms. The van der Waals surface area contributed by atoms with Crippen molar-refractivity contribution in [2.24, 2.45) is 5.92 Å². The molecular formula is C32H34IN3O. The van der Waals surface area contributed by atoms with Crippen molar-refractivity contribution in [3.8, 4) is 0 Å². The van der Waals surface area contributed by atoms with Crippen LogP contribution in [0.5, 0.6) is 0 Å². The van der Waals surface area contributed by atoms with Crippen molar-refractivity contribution in [3.05, 3.63) is 111 Å². The molecule has 3 aromatic carbocycles. The molecule has 0 spiro atoms. The molecule has 1 N–H and O–H groups in total. The van der Waals surface area contributed by atoms with E-state index in [2.05, 4.69) is 105 Å². The highest BCUT2D eigenvalue weighted by atomic mass is 127. The largest absolute Gasteiger partial charge is 0.345 e. The van der Waals surface area contributed by atoms with Crippen molar-refractivity contribution >= 4 is 39.4 Å². The molecule has 190 valence electrons. The normalized spacial score (nSPS) is 15.5. The van der Waals surface area contributed by atoms with Gasteiger partial charge < -0.3 is 5.32 Å². The average molecular weight is 604 g/mol. The third kappa shape index (κ3) is 6.76. The number of nitrogens with one attached hydrogen (secondary N) is 1. The minimum atomic E-state index is -0.00488. The van der Waals surface area contributed by atoms with Crippen molar-refractivity contribution in [2.45, 2.75) is 45.2 Å². The van der Waals surface area contributed by atoms with Gasteiger partial charge in [0.2, 0.25) is 0 Å². The molecule has 5 rings (SSSR count). The average Bonchev–Trinajstić information content (AvgIpc) is 2.93. The Bertz CT molecular complexity index is 1330. The fourth-order valence-corrected chi connectivity index (χ4v) is 5.67. The Morgan fingerprint density at radius 3 is 2.46 bits per heavy atom. The van der Waals surface area contributed by atoms with E-state index in [9.17, 15) is 4.79 Å². The van der Waals surface area contributed by atoms with E-state index < -0.39 is 0 Å². The lowest BCUT2D eigenvalue weighted by molar-refractivity contribution is 0.0935. The maximum absolute atomic E-state index is 12.9. The van der Waals surface area contributed by atoms with E-state index in [1.165, 1.54) is 32.9 Å². The first kappa shape index (κ1) is 25.9. The minimum absolute atomic E-state index is 0.00488. The zero-order chi connectivity index (χ0) is 25.6. The summed E-state index contributed by atoms with van der Waals surface area (Å²) in [5.41, 5.74) is 5.62. The number of hydrogen-bond donors (Lipinski definition) is 1. The number of nitrogens with zero attached hydrogens (tertiary/aromatic N) is 2. The van der Waals surface area contributed by atoms with E-state index in [1.54, 1.807) is 0 Å². The molecule has 4 aromatic rings. The van der Waals surface area contributed by atoms with Crippen molar-refractivity contribution in [1.82, 2.24) is 15.2 Å². The lowest BCUT2D eigenvalue weighted by Crippen LogP contribution is -2.33. The number of carbonyl (C=O) groups excluding carboxylic acids is 1. The lowest BCUT2D eigenvalue weighted by Gasteiger charge is -2.32. The molecule has 1 aliphatic rings. The summed E-state index contributed by atoms with van der Waals surface area (Å²) >= 11 is 2.31. The maximum atomic E-state index is 12.9. The molecular weight excluding hydrogens is 569 g/mol. The number of piperidine rings is 1. The van der Waals surface area contributed by atoms with E-state index in [-0.39, 0.29) is 11.9 Å². The van der Waals surface area contributed by atoms with Crippen LogP contribution in [0.3, 0.4) is 0 Å². The Hall–Kier alpha value is -2.77. The van der Waals surface area contributed by atoms with Gasteiger partial charge in [0.05, 0.1) is 11.6 Å². The number of benzene rings is 3. The Morgan fingerprint density at radius 2 is 1.73 bits per heavy atom. The molecule has 0 radical (unpaired) electrons. The molecule has 1 aliphatic heterocycles. The fourth-order valence-electron chi connectivity index (χ4n) is 5.31. The predicted molar refractivity (Wildman–Crippen MR) is 160 cm³/mol. The number of pyridine rings is 1. The zero-order valence-corrected chi connectivity index (χ0v) is 23.5. The molecule has 0 saturated carbocycles. The summed E-state index contributed by atoms with van der Waals surface area (Å²) in [7, 11) is 0. The van der Waals surface area contributed by atoms with Gasteiger partial charge in [-0.05, 0) is 126 Å². The first-order valence-electron chi connectivity index (χ1n) is 13.3. The van der Waals surface area contributed by atoms with Crippen LogP contribution in [0.4, 0.5) is 0 Å². The van der Waals surface area contributed by atoms with Gasteiger partial charge in [0.15, 0.2) is 0 Å². The number of likely N-dealkylation sites (tertiary alicyclic amines) is 1. The van der Waals surface area contributed by atoms with Gasteiger partial charge in [0, 0.05) is 27.3 Å². The topological polar surface area (TPSA) is 45.2 Å². The van der Waals surface area contributed by atoms with Gasteiger partial charge in [-0.2, -0.15) is 0 Å². The van der Waals surface area contributed by atoms with Gasteiger partial charge in [-0.3, -0.25) is 14.7 Å². The zero-order valence-electron chi connectivity index (χ0n) is 21.4. The van der Waals surface area contributed by atoms with Crippen LogP contribution in [-0.4, -0.2) is 28.9 Å². The Labute approximate surface area is 233 Å². The first-order chi connectivity index (χ1) is 18.1. The van der Waals surface area contributed by atoms with Gasteiger partial charge >= 0.3 is 0 Å². The van der Waals surface area contributed by atoms with Crippen molar-refractivity contribution < 1.29 is 4.79 Å². The summed E-state index contributed by atoms with van der Waals surface area (Å²) < 4.78 is 1.20. The van der Waals surface area contributed by atoms with Crippen LogP contribution in [-0.2, 0) is 13.0 Å². The molecule has 1 aromatic heterocycles. The highest BCUT2D eigenvalue weighted by molar-refractivity contribution is 14.1. The molecule has 0 aliphatic carbocycles. The predicted octanol–water partition coefficient (Wildman–Crippen LogP) is 7.18. The van der Waals surface area contributed by atoms with E-state index in [1.807, 2.05) is 24.4 Å². The third-order valence-corrected chi connectivity index (χ3v) is 8.23. The minimum Gasteiger partial charge on any atom is -0.345 e. The molecule has 1 fully saturated rings. The summed E-state index contributed by atoms with van der Waals surface area (Å²) in [6.45, 7) is 5.37. The molecule has 0 unspecified atom stereocenters. The van der Waals surface area contributed by atoms with E-state index in [0.717, 1.165) is 49.1 Å². The smallest absolute Gasteiger partial charge is 0.251 e. The Kier molecular flexibility index (Phi) is 8.52. The number of amides is 1. The highest BCUT2D eigenvalue weighted by Gasteiger charge is 2.20. The number of fused-ring (bicyclic) bond motifs is 1. The number of carbonyl (C=O) groups is 1. The summed E-state index contributed by atoms with van der Waals surface area (Å²) in [6.07, 6.45) is 6.22. The van der Waals surface area contributed by atoms with Crippen LogP contribution in [0.1, 0.15) is 59.3 Å². The van der Waals surface area contributed by atoms with Gasteiger partial charge in [0.1, 0.15) is 0 Å². The molecule has 4 nitrogen and oxygen atoms in total. The highest BCUT2D eigenvalue weighted by Crippen LogP contribution is 2.24. The second kappa shape index (κ2) is 12.2. The molecule has 0 bridgehead atoms. The second-order valence-corrected chi connectivity index (χ2v) is 11.4. The summed E-state index contributed by atoms with van der Waals surface area (Å²) in [5, 5.41) is 4.42. The quantitative estimate of drug-likeness (QED) is 0.217. The van der Waals surface area contributed by atoms with Crippen LogP contribution in [0.25, 0.3) is 10.9 Å². The van der Waals surface area contributed by atoms with E-state index in [0.29, 0.717) is 5.92 Å². The van der Waals surface area contributed by atoms with Crippen molar-refractivity contribution in [3.63, 3.8) is 0 Å². The lowest BCUT2D eigenvalue weighted by atomic mass is 9.89. The number of halogens is 1. The van der Waals surface area contributed by atoms with Gasteiger partial charge in [-0.1, -0.05) is 43.3 Å². The van der Waals surface area contributed by atoms with Gasteiger partial charge in [-0.25, -0.2) is 0 Å².